The Labute approximate surface area is 181 Å². The zero-order valence-electron chi connectivity index (χ0n) is 17.8. The van der Waals surface area contributed by atoms with Gasteiger partial charge in [0.15, 0.2) is 4.96 Å². The Morgan fingerprint density at radius 2 is 2.03 bits per heavy atom. The lowest BCUT2D eigenvalue weighted by atomic mass is 10.1. The molecule has 0 unspecified atom stereocenters. The molecule has 1 aromatic carbocycles. The molecule has 1 amide bonds. The number of methoxy groups -OCH3 is 2. The molecule has 0 fully saturated rings. The van der Waals surface area contributed by atoms with Gasteiger partial charge in [-0.25, -0.2) is 4.98 Å². The fourth-order valence-electron chi connectivity index (χ4n) is 3.08. The number of rotatable bonds is 12. The summed E-state index contributed by atoms with van der Waals surface area (Å²) in [4.78, 5) is 17.9. The third kappa shape index (κ3) is 5.52. The number of carbonyl (C=O) groups excluding carboxylic acids is 1. The molecule has 0 spiro atoms. The molecule has 0 aliphatic heterocycles. The molecule has 0 radical (unpaired) electrons. The van der Waals surface area contributed by atoms with Crippen molar-refractivity contribution in [3.8, 4) is 22.8 Å². The second-order valence-electron chi connectivity index (χ2n) is 6.92. The van der Waals surface area contributed by atoms with Crippen LogP contribution in [0.2, 0.25) is 0 Å². The molecule has 0 saturated carbocycles. The minimum atomic E-state index is -0.00234. The number of hydrogen-bond donors (Lipinski definition) is 1. The predicted molar refractivity (Wildman–Crippen MR) is 119 cm³/mol. The van der Waals surface area contributed by atoms with Crippen molar-refractivity contribution in [2.24, 2.45) is 0 Å². The van der Waals surface area contributed by atoms with E-state index in [1.807, 2.05) is 34.2 Å². The maximum absolute atomic E-state index is 12.3. The summed E-state index contributed by atoms with van der Waals surface area (Å²) >= 11 is 1.51. The molecular weight excluding hydrogens is 402 g/mol. The number of nitrogens with zero attached hydrogens (tertiary/aromatic N) is 2. The topological polar surface area (TPSA) is 74.1 Å². The van der Waals surface area contributed by atoms with Gasteiger partial charge in [0.2, 0.25) is 5.91 Å². The number of thiazole rings is 1. The highest BCUT2D eigenvalue weighted by molar-refractivity contribution is 7.15. The van der Waals surface area contributed by atoms with Gasteiger partial charge in [-0.2, -0.15) is 0 Å². The molecule has 0 aliphatic rings. The van der Waals surface area contributed by atoms with Gasteiger partial charge < -0.3 is 19.5 Å². The summed E-state index contributed by atoms with van der Waals surface area (Å²) < 4.78 is 18.3. The maximum Gasteiger partial charge on any atom is 0.225 e. The average Bonchev–Trinajstić information content (AvgIpc) is 3.34. The van der Waals surface area contributed by atoms with Crippen LogP contribution < -0.4 is 14.8 Å². The van der Waals surface area contributed by atoms with Crippen LogP contribution in [0.25, 0.3) is 16.2 Å². The molecule has 8 heteroatoms. The second-order valence-corrected chi connectivity index (χ2v) is 7.75. The highest BCUT2D eigenvalue weighted by atomic mass is 32.1. The Bertz CT molecular complexity index is 967. The van der Waals surface area contributed by atoms with Crippen molar-refractivity contribution in [1.82, 2.24) is 14.7 Å². The van der Waals surface area contributed by atoms with E-state index in [0.717, 1.165) is 59.3 Å². The summed E-state index contributed by atoms with van der Waals surface area (Å²) in [6.07, 6.45) is 5.27. The molecule has 162 valence electrons. The lowest BCUT2D eigenvalue weighted by Gasteiger charge is -2.08. The van der Waals surface area contributed by atoms with Crippen LogP contribution in [0.3, 0.4) is 0 Å². The molecule has 0 saturated heterocycles. The van der Waals surface area contributed by atoms with Crippen LogP contribution in [0.4, 0.5) is 0 Å². The van der Waals surface area contributed by atoms with E-state index in [1.165, 1.54) is 11.3 Å². The minimum Gasteiger partial charge on any atom is -0.497 e. The van der Waals surface area contributed by atoms with E-state index < -0.39 is 0 Å². The lowest BCUT2D eigenvalue weighted by Crippen LogP contribution is -2.27. The van der Waals surface area contributed by atoms with Gasteiger partial charge in [0, 0.05) is 42.6 Å². The first kappa shape index (κ1) is 22.1. The van der Waals surface area contributed by atoms with Gasteiger partial charge >= 0.3 is 0 Å². The van der Waals surface area contributed by atoms with Gasteiger partial charge in [-0.05, 0) is 31.0 Å². The van der Waals surface area contributed by atoms with Crippen LogP contribution in [0, 0.1) is 0 Å². The monoisotopic (exact) mass is 431 g/mol. The number of benzene rings is 1. The fraction of sp³-hybridized carbons (Fsp3) is 0.455. The van der Waals surface area contributed by atoms with E-state index in [1.54, 1.807) is 14.2 Å². The molecule has 1 N–H and O–H groups in total. The van der Waals surface area contributed by atoms with Gasteiger partial charge in [0.05, 0.1) is 26.3 Å². The van der Waals surface area contributed by atoms with E-state index in [4.69, 9.17) is 19.2 Å². The molecule has 2 heterocycles. The number of aromatic nitrogens is 2. The van der Waals surface area contributed by atoms with E-state index in [0.29, 0.717) is 19.6 Å². The van der Waals surface area contributed by atoms with Crippen molar-refractivity contribution in [2.75, 3.05) is 34.0 Å². The van der Waals surface area contributed by atoms with Crippen molar-refractivity contribution >= 4 is 22.2 Å². The number of unbranched alkanes of at least 4 members (excludes halogenated alkanes) is 1. The molecule has 2 aromatic heterocycles. The Morgan fingerprint density at radius 1 is 1.20 bits per heavy atom. The number of ether oxygens (including phenoxy) is 3. The first-order chi connectivity index (χ1) is 14.7. The standard InChI is InChI=1S/C22H29N3O4S/c1-4-5-10-29-11-6-9-23-21(26)12-16-15-30-22-24-19(14-25(16)22)18-13-17(27-2)7-8-20(18)28-3/h7-8,13-15H,4-6,9-12H2,1-3H3,(H,23,26). The Morgan fingerprint density at radius 3 is 2.80 bits per heavy atom. The van der Waals surface area contributed by atoms with Crippen molar-refractivity contribution < 1.29 is 19.0 Å². The largest absolute Gasteiger partial charge is 0.497 e. The molecular formula is C22H29N3O4S. The zero-order chi connectivity index (χ0) is 21.3. The number of carbonyl (C=O) groups is 1. The second kappa shape index (κ2) is 11.0. The first-order valence-electron chi connectivity index (χ1n) is 10.2. The summed E-state index contributed by atoms with van der Waals surface area (Å²) in [5.74, 6) is 1.46. The fourth-order valence-corrected chi connectivity index (χ4v) is 3.95. The minimum absolute atomic E-state index is 0.00234. The Balaban J connectivity index is 1.62. The number of amides is 1. The van der Waals surface area contributed by atoms with Gasteiger partial charge in [-0.15, -0.1) is 11.3 Å². The third-order valence-corrected chi connectivity index (χ3v) is 5.63. The summed E-state index contributed by atoms with van der Waals surface area (Å²) in [5, 5.41) is 4.94. The van der Waals surface area contributed by atoms with Gasteiger partial charge in [0.25, 0.3) is 0 Å². The normalized spacial score (nSPS) is 11.0. The highest BCUT2D eigenvalue weighted by Gasteiger charge is 2.15. The smallest absolute Gasteiger partial charge is 0.225 e. The van der Waals surface area contributed by atoms with E-state index in [-0.39, 0.29) is 5.91 Å². The zero-order valence-corrected chi connectivity index (χ0v) is 18.6. The van der Waals surface area contributed by atoms with Crippen molar-refractivity contribution in [2.45, 2.75) is 32.6 Å². The Kier molecular flexibility index (Phi) is 8.10. The predicted octanol–water partition coefficient (Wildman–Crippen LogP) is 3.95. The summed E-state index contributed by atoms with van der Waals surface area (Å²) in [6.45, 7) is 4.23. The van der Waals surface area contributed by atoms with Crippen molar-refractivity contribution in [1.29, 1.82) is 0 Å². The number of hydrogen-bond acceptors (Lipinski definition) is 6. The van der Waals surface area contributed by atoms with E-state index in [2.05, 4.69) is 12.2 Å². The van der Waals surface area contributed by atoms with E-state index >= 15 is 0 Å². The molecule has 3 aromatic rings. The van der Waals surface area contributed by atoms with Crippen molar-refractivity contribution in [3.63, 3.8) is 0 Å². The number of fused-ring (bicyclic) bond motifs is 1. The molecule has 7 nitrogen and oxygen atoms in total. The van der Waals surface area contributed by atoms with Gasteiger partial charge in [0.1, 0.15) is 11.5 Å². The summed E-state index contributed by atoms with van der Waals surface area (Å²) in [5.41, 5.74) is 2.54. The van der Waals surface area contributed by atoms with Crippen LogP contribution in [0.15, 0.2) is 29.8 Å². The SMILES string of the molecule is CCCCOCCCNC(=O)Cc1csc2nc(-c3cc(OC)ccc3OC)cn12. The van der Waals surface area contributed by atoms with Gasteiger partial charge in [-0.3, -0.25) is 9.20 Å². The molecule has 30 heavy (non-hydrogen) atoms. The van der Waals surface area contributed by atoms with Crippen LogP contribution in [-0.2, 0) is 16.0 Å². The first-order valence-corrected chi connectivity index (χ1v) is 11.1. The Hall–Kier alpha value is -2.58. The van der Waals surface area contributed by atoms with Crippen molar-refractivity contribution in [3.05, 3.63) is 35.5 Å². The summed E-state index contributed by atoms with van der Waals surface area (Å²) in [7, 11) is 3.26. The van der Waals surface area contributed by atoms with Crippen LogP contribution >= 0.6 is 11.3 Å². The third-order valence-electron chi connectivity index (χ3n) is 4.74. The van der Waals surface area contributed by atoms with E-state index in [9.17, 15) is 4.79 Å². The number of nitrogens with one attached hydrogen (secondary N) is 1. The highest BCUT2D eigenvalue weighted by Crippen LogP contribution is 2.34. The number of imidazole rings is 1. The molecule has 0 aliphatic carbocycles. The maximum atomic E-state index is 12.3. The van der Waals surface area contributed by atoms with Crippen LogP contribution in [0.1, 0.15) is 31.9 Å². The molecule has 0 atom stereocenters. The van der Waals surface area contributed by atoms with Crippen LogP contribution in [0.5, 0.6) is 11.5 Å². The molecule has 0 bridgehead atoms. The quantitative estimate of drug-likeness (QED) is 0.440. The lowest BCUT2D eigenvalue weighted by molar-refractivity contribution is -0.120. The molecule has 3 rings (SSSR count). The summed E-state index contributed by atoms with van der Waals surface area (Å²) in [6, 6.07) is 5.62. The van der Waals surface area contributed by atoms with Gasteiger partial charge in [-0.1, -0.05) is 13.3 Å². The average molecular weight is 432 g/mol. The van der Waals surface area contributed by atoms with Crippen LogP contribution in [-0.4, -0.2) is 49.3 Å².